The highest BCUT2D eigenvalue weighted by atomic mass is 14.7. The van der Waals surface area contributed by atoms with Gasteiger partial charge >= 0.3 is 0 Å². The van der Waals surface area contributed by atoms with Gasteiger partial charge in [0.15, 0.2) is 0 Å². The van der Waals surface area contributed by atoms with Crippen LogP contribution in [0.2, 0.25) is 0 Å². The largest absolute Gasteiger partial charge is 0.257 e. The van der Waals surface area contributed by atoms with Crippen molar-refractivity contribution < 1.29 is 0 Å². The topological polar surface area (TPSA) is 12.9 Å². The highest BCUT2D eigenvalue weighted by Crippen LogP contribution is 2.48. The lowest BCUT2D eigenvalue weighted by Crippen LogP contribution is -2.29. The molecule has 3 atom stereocenters. The van der Waals surface area contributed by atoms with Crippen molar-refractivity contribution in [3.05, 3.63) is 28.9 Å². The quantitative estimate of drug-likeness (QED) is 0.535. The molecule has 60 valence electrons. The number of aromatic nitrogens is 1. The average Bonchev–Trinajstić information content (AvgIpc) is 2.74. The van der Waals surface area contributed by atoms with Gasteiger partial charge in [-0.2, -0.15) is 0 Å². The number of fused-ring (bicyclic) bond motifs is 2. The summed E-state index contributed by atoms with van der Waals surface area (Å²) in [6, 6.07) is 4.16. The lowest BCUT2D eigenvalue weighted by Gasteiger charge is -1.95. The molecular formula is C11H11N. The Labute approximate surface area is 71.4 Å². The van der Waals surface area contributed by atoms with Gasteiger partial charge in [0.25, 0.3) is 0 Å². The minimum absolute atomic E-state index is 0.785. The first-order valence-electron chi connectivity index (χ1n) is 4.51. The molecule has 0 amide bonds. The van der Waals surface area contributed by atoms with E-state index in [9.17, 15) is 0 Å². The minimum atomic E-state index is 0.785. The summed E-state index contributed by atoms with van der Waals surface area (Å²) < 4.78 is 0. The Bertz CT molecular complexity index is 392. The summed E-state index contributed by atoms with van der Waals surface area (Å²) in [5, 5.41) is 2.51. The summed E-state index contributed by atoms with van der Waals surface area (Å²) >= 11 is 0. The van der Waals surface area contributed by atoms with Gasteiger partial charge in [-0.25, -0.2) is 0 Å². The second-order valence-corrected chi connectivity index (χ2v) is 3.83. The molecule has 0 aromatic carbocycles. The Morgan fingerprint density at radius 2 is 2.08 bits per heavy atom. The number of hydrogen-bond acceptors (Lipinski definition) is 1. The minimum Gasteiger partial charge on any atom is -0.257 e. The average molecular weight is 157 g/mol. The summed E-state index contributed by atoms with van der Waals surface area (Å²) in [5.41, 5.74) is 0. The Balaban J connectivity index is 2.31. The highest BCUT2D eigenvalue weighted by molar-refractivity contribution is 5.49. The SMILES string of the molecule is CC1C2C=c3cccnc3=CC12. The van der Waals surface area contributed by atoms with Gasteiger partial charge in [0, 0.05) is 6.20 Å². The van der Waals surface area contributed by atoms with E-state index in [1.165, 1.54) is 10.6 Å². The number of hydrogen-bond donors (Lipinski definition) is 0. The molecule has 1 saturated carbocycles. The van der Waals surface area contributed by atoms with Crippen LogP contribution in [0.5, 0.6) is 0 Å². The summed E-state index contributed by atoms with van der Waals surface area (Å²) in [5.74, 6) is 2.44. The van der Waals surface area contributed by atoms with Gasteiger partial charge in [-0.1, -0.05) is 25.1 Å². The smallest absolute Gasteiger partial charge is 0.0662 e. The van der Waals surface area contributed by atoms with Crippen molar-refractivity contribution in [2.24, 2.45) is 17.8 Å². The Hall–Kier alpha value is -1.11. The van der Waals surface area contributed by atoms with E-state index in [0.29, 0.717) is 0 Å². The molecule has 1 aromatic heterocycles. The molecule has 3 rings (SSSR count). The van der Waals surface area contributed by atoms with Crippen LogP contribution in [0.15, 0.2) is 18.3 Å². The first-order valence-corrected chi connectivity index (χ1v) is 4.51. The van der Waals surface area contributed by atoms with E-state index in [2.05, 4.69) is 30.1 Å². The molecular weight excluding hydrogens is 146 g/mol. The van der Waals surface area contributed by atoms with Crippen molar-refractivity contribution in [1.29, 1.82) is 0 Å². The van der Waals surface area contributed by atoms with Crippen molar-refractivity contribution in [3.63, 3.8) is 0 Å². The van der Waals surface area contributed by atoms with Crippen LogP contribution >= 0.6 is 0 Å². The van der Waals surface area contributed by atoms with Crippen LogP contribution in [0.3, 0.4) is 0 Å². The van der Waals surface area contributed by atoms with Gasteiger partial charge in [0.05, 0.1) is 5.35 Å². The summed E-state index contributed by atoms with van der Waals surface area (Å²) in [7, 11) is 0. The van der Waals surface area contributed by atoms with Gasteiger partial charge in [-0.15, -0.1) is 0 Å². The third-order valence-corrected chi connectivity index (χ3v) is 3.11. The van der Waals surface area contributed by atoms with E-state index in [-0.39, 0.29) is 0 Å². The van der Waals surface area contributed by atoms with E-state index in [1.54, 1.807) is 0 Å². The molecule has 1 heterocycles. The summed E-state index contributed by atoms with van der Waals surface area (Å²) in [6.07, 6.45) is 6.57. The predicted octanol–water partition coefficient (Wildman–Crippen LogP) is 0.538. The van der Waals surface area contributed by atoms with E-state index >= 15 is 0 Å². The number of pyridine rings is 1. The number of nitrogens with zero attached hydrogens (tertiary/aromatic N) is 1. The summed E-state index contributed by atoms with van der Waals surface area (Å²) in [6.45, 7) is 2.31. The molecule has 0 spiro atoms. The number of rotatable bonds is 0. The molecule has 0 N–H and O–H groups in total. The van der Waals surface area contributed by atoms with Crippen LogP contribution in [0.25, 0.3) is 12.2 Å². The van der Waals surface area contributed by atoms with E-state index in [4.69, 9.17) is 0 Å². The molecule has 1 heteroatoms. The molecule has 1 aromatic rings. The van der Waals surface area contributed by atoms with Crippen LogP contribution < -0.4 is 10.6 Å². The fourth-order valence-corrected chi connectivity index (χ4v) is 2.15. The molecule has 12 heavy (non-hydrogen) atoms. The second kappa shape index (κ2) is 1.98. The lowest BCUT2D eigenvalue weighted by atomic mass is 10.1. The molecule has 0 bridgehead atoms. The Kier molecular flexibility index (Phi) is 1.06. The van der Waals surface area contributed by atoms with Crippen molar-refractivity contribution in [1.82, 2.24) is 4.98 Å². The zero-order valence-corrected chi connectivity index (χ0v) is 7.07. The fourth-order valence-electron chi connectivity index (χ4n) is 2.15. The van der Waals surface area contributed by atoms with Gasteiger partial charge in [-0.05, 0) is 29.0 Å². The molecule has 0 saturated heterocycles. The maximum atomic E-state index is 4.34. The van der Waals surface area contributed by atoms with Crippen LogP contribution in [-0.2, 0) is 0 Å². The molecule has 1 fully saturated rings. The van der Waals surface area contributed by atoms with E-state index in [1.807, 2.05) is 12.3 Å². The first-order chi connectivity index (χ1) is 5.86. The van der Waals surface area contributed by atoms with Crippen molar-refractivity contribution >= 4 is 12.2 Å². The fraction of sp³-hybridized carbons (Fsp3) is 0.364. The van der Waals surface area contributed by atoms with Gasteiger partial charge in [-0.3, -0.25) is 4.98 Å². The Morgan fingerprint density at radius 1 is 1.25 bits per heavy atom. The van der Waals surface area contributed by atoms with Gasteiger partial charge < -0.3 is 0 Å². The van der Waals surface area contributed by atoms with Gasteiger partial charge in [0.1, 0.15) is 0 Å². The maximum Gasteiger partial charge on any atom is 0.0662 e. The van der Waals surface area contributed by atoms with E-state index in [0.717, 1.165) is 17.8 Å². The summed E-state index contributed by atoms with van der Waals surface area (Å²) in [4.78, 5) is 4.34. The van der Waals surface area contributed by atoms with Crippen molar-refractivity contribution in [2.75, 3.05) is 0 Å². The van der Waals surface area contributed by atoms with Crippen LogP contribution in [0, 0.1) is 17.8 Å². The monoisotopic (exact) mass is 157 g/mol. The predicted molar refractivity (Wildman–Crippen MR) is 48.6 cm³/mol. The third kappa shape index (κ3) is 0.711. The molecule has 0 radical (unpaired) electrons. The second-order valence-electron chi connectivity index (χ2n) is 3.83. The van der Waals surface area contributed by atoms with Crippen molar-refractivity contribution in [2.45, 2.75) is 6.92 Å². The molecule has 0 aliphatic heterocycles. The zero-order chi connectivity index (χ0) is 8.13. The van der Waals surface area contributed by atoms with E-state index < -0.39 is 0 Å². The van der Waals surface area contributed by atoms with Crippen molar-refractivity contribution in [3.8, 4) is 0 Å². The van der Waals surface area contributed by atoms with Crippen LogP contribution in [0.1, 0.15) is 6.92 Å². The lowest BCUT2D eigenvalue weighted by molar-refractivity contribution is 0.905. The standard InChI is InChI=1S/C11H11N/c1-7-9-5-8-3-2-4-12-11(8)6-10(7)9/h2-7,9-10H,1H3. The first kappa shape index (κ1) is 6.41. The molecule has 2 aliphatic carbocycles. The van der Waals surface area contributed by atoms with Gasteiger partial charge in [0.2, 0.25) is 0 Å². The zero-order valence-electron chi connectivity index (χ0n) is 7.07. The van der Waals surface area contributed by atoms with Crippen LogP contribution in [-0.4, -0.2) is 4.98 Å². The highest BCUT2D eigenvalue weighted by Gasteiger charge is 2.44. The molecule has 3 unspecified atom stereocenters. The van der Waals surface area contributed by atoms with Crippen LogP contribution in [0.4, 0.5) is 0 Å². The molecule has 2 aliphatic rings. The Morgan fingerprint density at radius 3 is 3.00 bits per heavy atom. The third-order valence-electron chi connectivity index (χ3n) is 3.11. The maximum absolute atomic E-state index is 4.34. The molecule has 1 nitrogen and oxygen atoms in total. The normalized spacial score (nSPS) is 35.6.